The average molecular weight is 873 g/mol. The summed E-state index contributed by atoms with van der Waals surface area (Å²) in [5.41, 5.74) is 0.523. The van der Waals surface area contributed by atoms with Crippen LogP contribution in [0.25, 0.3) is 0 Å². The number of carboxylic acids is 1. The van der Waals surface area contributed by atoms with Crippen molar-refractivity contribution >= 4 is 52.7 Å². The van der Waals surface area contributed by atoms with Crippen LogP contribution in [0.5, 0.6) is 0 Å². The Hall–Kier alpha value is -4.97. The second-order valence-corrected chi connectivity index (χ2v) is 17.8. The van der Waals surface area contributed by atoms with E-state index in [0.29, 0.717) is 18.4 Å². The molecule has 3 rings (SSSR count). The Kier molecular flexibility index (Phi) is 19.7. The highest BCUT2D eigenvalue weighted by Gasteiger charge is 2.39. The Morgan fingerprint density at radius 1 is 1.03 bits per heavy atom. The molecule has 7 atom stereocenters. The van der Waals surface area contributed by atoms with E-state index in [2.05, 4.69) is 15.6 Å². The van der Waals surface area contributed by atoms with Crippen molar-refractivity contribution in [2.24, 2.45) is 23.7 Å². The molecule has 3 amide bonds. The third-order valence-corrected chi connectivity index (χ3v) is 12.0. The summed E-state index contributed by atoms with van der Waals surface area (Å²) in [5.74, 6) is -4.92. The van der Waals surface area contributed by atoms with Crippen LogP contribution in [0.1, 0.15) is 127 Å². The molecule has 1 aromatic heterocycles. The number of likely N-dealkylation sites (N-methyl/N-ethyl adjacent to an activating group) is 1. The third-order valence-electron chi connectivity index (χ3n) is 11.1. The fourth-order valence-electron chi connectivity index (χ4n) is 7.31. The topological polar surface area (TPSA) is 228 Å². The van der Waals surface area contributed by atoms with Gasteiger partial charge in [0.15, 0.2) is 12.8 Å². The van der Waals surface area contributed by atoms with Gasteiger partial charge in [0, 0.05) is 49.4 Å². The number of nitro groups is 1. The number of non-ortho nitro benzene ring substituents is 1. The van der Waals surface area contributed by atoms with Crippen LogP contribution in [0, 0.1) is 33.8 Å². The first kappa shape index (κ1) is 50.4. The monoisotopic (exact) mass is 872 g/mol. The molecule has 0 radical (unpaired) electrons. The molecule has 1 unspecified atom stereocenters. The fraction of sp³-hybridized carbons (Fsp3) is 0.651. The number of hydrogen-bond acceptors (Lipinski definition) is 13. The van der Waals surface area contributed by atoms with Crippen molar-refractivity contribution in [1.29, 1.82) is 0 Å². The molecule has 0 bridgehead atoms. The summed E-state index contributed by atoms with van der Waals surface area (Å²) in [4.78, 5) is 98.1. The predicted octanol–water partition coefficient (Wildman–Crippen LogP) is 5.91. The van der Waals surface area contributed by atoms with Gasteiger partial charge in [0.05, 0.1) is 16.9 Å². The summed E-state index contributed by atoms with van der Waals surface area (Å²) >= 11 is 1.06. The summed E-state index contributed by atoms with van der Waals surface area (Å²) in [6.45, 7) is 14.4. The van der Waals surface area contributed by atoms with Gasteiger partial charge in [0.25, 0.3) is 11.6 Å². The number of rotatable bonds is 23. The third kappa shape index (κ3) is 15.5. The molecule has 1 aliphatic heterocycles. The first-order valence-corrected chi connectivity index (χ1v) is 22.0. The molecule has 0 spiro atoms. The largest absolute Gasteiger partial charge is 0.481 e. The Bertz CT molecular complexity index is 1820. The van der Waals surface area contributed by atoms with Crippen molar-refractivity contribution in [2.45, 2.75) is 137 Å². The van der Waals surface area contributed by atoms with Crippen molar-refractivity contribution in [2.75, 3.05) is 20.3 Å². The number of carbonyl (C=O) groups is 6. The molecule has 0 saturated carbocycles. The van der Waals surface area contributed by atoms with E-state index in [0.717, 1.165) is 30.7 Å². The first-order valence-electron chi connectivity index (χ1n) is 21.1. The number of amides is 3. The Labute approximate surface area is 362 Å². The zero-order valence-corrected chi connectivity index (χ0v) is 37.7. The molecular weight excluding hydrogens is 809 g/mol. The molecular formula is C43H64N6O11S. The normalized spacial score (nSPS) is 17.3. The molecule has 18 heteroatoms. The standard InChI is InChI=1S/C43H64N6O11S/c1-10-27(6)38(46-40(53)34-13-11-12-18-47(34)9)42(54)48(24-59-37(51)19-25(2)3)35(26(4)5)22-36(60-29(8)50)41-45-33(23-61-41)39(52)44-31(20-28(7)43(55)56)21-30-14-16-32(17-15-30)49(57)58/h14-17,23,25-28,31,34-36,38H,10-13,18-22,24H2,1-9H3,(H,44,52)(H,46,53)(H,55,56)/t27-,28?,31+,34+,35+,36+,38-/m0/s1. The molecule has 0 aliphatic carbocycles. The van der Waals surface area contributed by atoms with Crippen LogP contribution in [0.4, 0.5) is 5.69 Å². The second-order valence-electron chi connectivity index (χ2n) is 16.9. The van der Waals surface area contributed by atoms with E-state index in [1.165, 1.54) is 36.3 Å². The minimum atomic E-state index is -1.06. The molecule has 1 fully saturated rings. The van der Waals surface area contributed by atoms with Crippen LogP contribution in [0.2, 0.25) is 0 Å². The minimum absolute atomic E-state index is 0.00000699. The van der Waals surface area contributed by atoms with Crippen molar-refractivity contribution in [1.82, 2.24) is 25.4 Å². The molecule has 1 aliphatic rings. The predicted molar refractivity (Wildman–Crippen MR) is 228 cm³/mol. The van der Waals surface area contributed by atoms with Crippen molar-refractivity contribution in [3.05, 3.63) is 56.0 Å². The number of hydrogen-bond donors (Lipinski definition) is 3. The number of likely N-dealkylation sites (tertiary alicyclic amines) is 1. The number of aromatic nitrogens is 1. The maximum atomic E-state index is 14.8. The average Bonchev–Trinajstić information content (AvgIpc) is 3.69. The van der Waals surface area contributed by atoms with Crippen LogP contribution in [0.3, 0.4) is 0 Å². The highest BCUT2D eigenvalue weighted by molar-refractivity contribution is 7.09. The maximum absolute atomic E-state index is 14.8. The van der Waals surface area contributed by atoms with Gasteiger partial charge in [-0.05, 0) is 62.6 Å². The number of nitro benzene ring substituents is 1. The Balaban J connectivity index is 1.96. The van der Waals surface area contributed by atoms with Crippen LogP contribution >= 0.6 is 11.3 Å². The quantitative estimate of drug-likeness (QED) is 0.0511. The summed E-state index contributed by atoms with van der Waals surface area (Å²) in [6, 6.07) is 3.02. The summed E-state index contributed by atoms with van der Waals surface area (Å²) in [6.07, 6.45) is 2.42. The summed E-state index contributed by atoms with van der Waals surface area (Å²) in [7, 11) is 1.89. The number of piperidine rings is 1. The summed E-state index contributed by atoms with van der Waals surface area (Å²) < 4.78 is 11.5. The highest BCUT2D eigenvalue weighted by Crippen LogP contribution is 2.32. The number of esters is 2. The molecule has 338 valence electrons. The van der Waals surface area contributed by atoms with Gasteiger partial charge in [0.1, 0.15) is 16.7 Å². The van der Waals surface area contributed by atoms with Crippen LogP contribution < -0.4 is 10.6 Å². The number of benzene rings is 1. The lowest BCUT2D eigenvalue weighted by Crippen LogP contribution is -2.59. The van der Waals surface area contributed by atoms with E-state index in [9.17, 15) is 44.0 Å². The molecule has 2 aromatic rings. The summed E-state index contributed by atoms with van der Waals surface area (Å²) in [5, 5.41) is 28.4. The highest BCUT2D eigenvalue weighted by atomic mass is 32.1. The zero-order chi connectivity index (χ0) is 45.6. The Morgan fingerprint density at radius 2 is 1.70 bits per heavy atom. The number of nitrogens with one attached hydrogen (secondary N) is 2. The van der Waals surface area contributed by atoms with Crippen molar-refractivity contribution in [3.8, 4) is 0 Å². The van der Waals surface area contributed by atoms with E-state index >= 15 is 0 Å². The lowest BCUT2D eigenvalue weighted by molar-refractivity contribution is -0.384. The SMILES string of the molecule is CC[C@H](C)[C@H](NC(=O)[C@H]1CCCCN1C)C(=O)N(COC(=O)CC(C)C)[C@H](C[C@@H](OC(C)=O)c1nc(C(=O)N[C@@H](Cc2ccc([N+](=O)[O-])cc2)CC(C)C(=O)O)cs1)C(C)C. The Morgan fingerprint density at radius 3 is 2.26 bits per heavy atom. The molecule has 3 N–H and O–H groups in total. The molecule has 1 aromatic carbocycles. The van der Waals surface area contributed by atoms with Gasteiger partial charge in [-0.25, -0.2) is 4.98 Å². The van der Waals surface area contributed by atoms with E-state index in [1.807, 2.05) is 53.5 Å². The number of nitrogens with zero attached hydrogens (tertiary/aromatic N) is 4. The fourth-order valence-corrected chi connectivity index (χ4v) is 8.15. The smallest absolute Gasteiger partial charge is 0.307 e. The zero-order valence-electron chi connectivity index (χ0n) is 36.9. The second kappa shape index (κ2) is 23.9. The molecule has 17 nitrogen and oxygen atoms in total. The van der Waals surface area contributed by atoms with Gasteiger partial charge < -0.3 is 30.1 Å². The van der Waals surface area contributed by atoms with E-state index in [-0.39, 0.29) is 65.7 Å². The van der Waals surface area contributed by atoms with E-state index in [4.69, 9.17) is 9.47 Å². The van der Waals surface area contributed by atoms with Gasteiger partial charge in [-0.1, -0.05) is 73.4 Å². The minimum Gasteiger partial charge on any atom is -0.481 e. The first-order chi connectivity index (χ1) is 28.7. The van der Waals surface area contributed by atoms with Gasteiger partial charge >= 0.3 is 17.9 Å². The molecule has 1 saturated heterocycles. The van der Waals surface area contributed by atoms with Gasteiger partial charge in [-0.15, -0.1) is 11.3 Å². The van der Waals surface area contributed by atoms with E-state index in [1.54, 1.807) is 12.1 Å². The van der Waals surface area contributed by atoms with Crippen molar-refractivity contribution < 1.29 is 48.3 Å². The lowest BCUT2D eigenvalue weighted by atomic mass is 9.92. The number of ether oxygens (including phenoxy) is 2. The molecule has 2 heterocycles. The van der Waals surface area contributed by atoms with Gasteiger partial charge in [-0.3, -0.25) is 43.8 Å². The van der Waals surface area contributed by atoms with Crippen LogP contribution in [-0.4, -0.2) is 105 Å². The van der Waals surface area contributed by atoms with Gasteiger partial charge in [-0.2, -0.15) is 0 Å². The maximum Gasteiger partial charge on any atom is 0.307 e. The number of carbonyl (C=O) groups excluding carboxylic acids is 5. The van der Waals surface area contributed by atoms with Gasteiger partial charge in [0.2, 0.25) is 11.8 Å². The van der Waals surface area contributed by atoms with E-state index < -0.39 is 77.6 Å². The molecule has 61 heavy (non-hydrogen) atoms. The number of carboxylic acid groups (broad SMARTS) is 1. The van der Waals surface area contributed by atoms with Crippen LogP contribution in [-0.2, 0) is 39.9 Å². The number of thiazole rings is 1. The van der Waals surface area contributed by atoms with Crippen LogP contribution in [0.15, 0.2) is 29.6 Å². The number of aliphatic carboxylic acids is 1. The van der Waals surface area contributed by atoms with Crippen molar-refractivity contribution in [3.63, 3.8) is 0 Å². The lowest BCUT2D eigenvalue weighted by Gasteiger charge is -2.39.